The first-order valence-corrected chi connectivity index (χ1v) is 28.0. The lowest BCUT2D eigenvalue weighted by Crippen LogP contribution is -2.18. The van der Waals surface area contributed by atoms with Gasteiger partial charge in [-0.25, -0.2) is 24.9 Å². The standard InChI is InChI=1S/C65H41N23O6/c66-29-39-32-77-87(64-70-19-9-20-71-64)58(39)75-35-74-52-45-14-4-1-11-36(45)23-48(55(52)89)61(92)79-42-26-43(80-62(93)49-24-37-12-2-5-15-46(37)53(56(49)90)82-84-59-40(30-67)33-76-86(59)51-17-7-8-18-69-51)28-44(27-42)81-63(94)50-25-38-13-3-6-16-47(38)54(57(50)91)83-85-60-41(31-68)34-78-88(60)65-72-21-10-22-73-65/h1-28,32-34,74-75,89-91H,35H2,(H,79,92)(H,80,93)(H,81,94). The van der Waals surface area contributed by atoms with Crippen LogP contribution in [0.15, 0.2) is 210 Å². The Morgan fingerprint density at radius 1 is 0.436 bits per heavy atom. The van der Waals surface area contributed by atoms with Gasteiger partial charge in [0.15, 0.2) is 40.5 Å². The van der Waals surface area contributed by atoms with Gasteiger partial charge in [0.05, 0.1) is 47.6 Å². The lowest BCUT2D eigenvalue weighted by molar-refractivity contribution is 0.101. The molecule has 3 amide bonds. The number of nitrogens with zero attached hydrogens (tertiary/aromatic N) is 18. The Balaban J connectivity index is 0.862. The molecule has 452 valence electrons. The molecule has 29 heteroatoms. The summed E-state index contributed by atoms with van der Waals surface area (Å²) in [6.07, 6.45) is 11.4. The summed E-state index contributed by atoms with van der Waals surface area (Å²) in [7, 11) is 0. The number of hydrogen-bond acceptors (Lipinski definition) is 23. The first-order chi connectivity index (χ1) is 46.0. The van der Waals surface area contributed by atoms with Crippen molar-refractivity contribution in [3.05, 3.63) is 222 Å². The van der Waals surface area contributed by atoms with E-state index in [1.54, 1.807) is 103 Å². The molecule has 13 rings (SSSR count). The van der Waals surface area contributed by atoms with Gasteiger partial charge in [0.1, 0.15) is 46.3 Å². The van der Waals surface area contributed by atoms with Crippen molar-refractivity contribution >= 4 is 102 Å². The van der Waals surface area contributed by atoms with Crippen LogP contribution in [0, 0.1) is 34.0 Å². The molecule has 13 aromatic rings. The number of fused-ring (bicyclic) bond motifs is 3. The van der Waals surface area contributed by atoms with Crippen molar-refractivity contribution in [2.45, 2.75) is 0 Å². The highest BCUT2D eigenvalue weighted by molar-refractivity contribution is 6.16. The Hall–Kier alpha value is -14.7. The van der Waals surface area contributed by atoms with Gasteiger partial charge in [-0.1, -0.05) is 78.9 Å². The SMILES string of the molecule is N#Cc1cnn(-c2ccccn2)c1N=Nc1c(O)c(C(=O)Nc2cc(NC(=O)c3cc4ccccc4c(N=Nc4c(C#N)cnn4-c4ncccn4)c3O)cc(NC(=O)c3cc4ccccc4c(NCNc4c(C#N)cnn4-c4ncccn4)c3O)c2)cc2ccccc12. The number of hydrogen-bond donors (Lipinski definition) is 8. The number of rotatable bonds is 17. The molecule has 94 heavy (non-hydrogen) atoms. The van der Waals surface area contributed by atoms with Crippen molar-refractivity contribution in [3.8, 4) is 53.2 Å². The molecule has 0 saturated heterocycles. The van der Waals surface area contributed by atoms with E-state index < -0.39 is 35.0 Å². The zero-order valence-electron chi connectivity index (χ0n) is 48.2. The molecule has 0 atom stereocenters. The van der Waals surface area contributed by atoms with E-state index in [4.69, 9.17) is 0 Å². The smallest absolute Gasteiger partial charge is 0.259 e. The molecule has 6 heterocycles. The van der Waals surface area contributed by atoms with Crippen LogP contribution in [0.1, 0.15) is 47.8 Å². The number of azo groups is 2. The summed E-state index contributed by atoms with van der Waals surface area (Å²) in [6, 6.07) is 43.2. The summed E-state index contributed by atoms with van der Waals surface area (Å²) in [6.45, 7) is -0.119. The van der Waals surface area contributed by atoms with E-state index in [0.29, 0.717) is 38.1 Å². The van der Waals surface area contributed by atoms with Gasteiger partial charge in [-0.3, -0.25) is 14.4 Å². The molecule has 0 bridgehead atoms. The molecule has 0 aliphatic carbocycles. The van der Waals surface area contributed by atoms with Crippen molar-refractivity contribution in [3.63, 3.8) is 0 Å². The summed E-state index contributed by atoms with van der Waals surface area (Å²) < 4.78 is 3.81. The summed E-state index contributed by atoms with van der Waals surface area (Å²) in [5.74, 6) is -3.68. The maximum Gasteiger partial charge on any atom is 0.259 e. The minimum absolute atomic E-state index is 0.00109. The maximum atomic E-state index is 14.8. The molecule has 0 radical (unpaired) electrons. The number of aromatic hydroxyl groups is 3. The number of phenols is 3. The molecule has 7 aromatic carbocycles. The second kappa shape index (κ2) is 25.2. The average Bonchev–Trinajstić information content (AvgIpc) is 1.13. The van der Waals surface area contributed by atoms with E-state index in [-0.39, 0.29) is 104 Å². The van der Waals surface area contributed by atoms with Crippen molar-refractivity contribution in [1.82, 2.24) is 54.3 Å². The number of nitrogens with one attached hydrogen (secondary N) is 5. The normalized spacial score (nSPS) is 11.2. The van der Waals surface area contributed by atoms with Crippen LogP contribution in [0.4, 0.5) is 51.6 Å². The highest BCUT2D eigenvalue weighted by Gasteiger charge is 2.25. The largest absolute Gasteiger partial charge is 0.505 e. The van der Waals surface area contributed by atoms with Crippen LogP contribution in [0.25, 0.3) is 50.0 Å². The van der Waals surface area contributed by atoms with Gasteiger partial charge in [0.25, 0.3) is 29.6 Å². The minimum Gasteiger partial charge on any atom is -0.505 e. The number of phenolic OH excluding ortho intramolecular Hbond substituents is 3. The van der Waals surface area contributed by atoms with Gasteiger partial charge < -0.3 is 41.9 Å². The highest BCUT2D eigenvalue weighted by Crippen LogP contribution is 2.43. The van der Waals surface area contributed by atoms with E-state index in [2.05, 4.69) is 93.3 Å². The molecular weight excluding hydrogens is 1200 g/mol. The third-order valence-corrected chi connectivity index (χ3v) is 14.4. The molecule has 0 unspecified atom stereocenters. The highest BCUT2D eigenvalue weighted by atomic mass is 16.3. The first-order valence-electron chi connectivity index (χ1n) is 28.0. The van der Waals surface area contributed by atoms with Crippen LogP contribution >= 0.6 is 0 Å². The van der Waals surface area contributed by atoms with E-state index in [9.17, 15) is 45.5 Å². The first kappa shape index (κ1) is 58.4. The van der Waals surface area contributed by atoms with Crippen LogP contribution < -0.4 is 26.6 Å². The monoisotopic (exact) mass is 1240 g/mol. The molecule has 0 aliphatic rings. The number of anilines is 5. The quantitative estimate of drug-likeness (QED) is 0.0238. The molecule has 0 spiro atoms. The third-order valence-electron chi connectivity index (χ3n) is 14.4. The molecule has 6 aromatic heterocycles. The molecular formula is C65H41N23O6. The van der Waals surface area contributed by atoms with Gasteiger partial charge in [0, 0.05) is 64.2 Å². The van der Waals surface area contributed by atoms with E-state index >= 15 is 0 Å². The van der Waals surface area contributed by atoms with E-state index in [0.717, 1.165) is 0 Å². The summed E-state index contributed by atoms with van der Waals surface area (Å²) in [4.78, 5) is 65.5. The summed E-state index contributed by atoms with van der Waals surface area (Å²) in [5.41, 5.74) is -1.00. The zero-order valence-corrected chi connectivity index (χ0v) is 48.2. The lowest BCUT2D eigenvalue weighted by Gasteiger charge is -2.18. The van der Waals surface area contributed by atoms with Crippen molar-refractivity contribution in [2.24, 2.45) is 20.5 Å². The zero-order chi connectivity index (χ0) is 64.8. The molecule has 0 saturated carbocycles. The van der Waals surface area contributed by atoms with Crippen molar-refractivity contribution < 1.29 is 29.7 Å². The van der Waals surface area contributed by atoms with Gasteiger partial charge in [-0.05, 0) is 76.8 Å². The number of benzene rings is 7. The van der Waals surface area contributed by atoms with Gasteiger partial charge >= 0.3 is 0 Å². The van der Waals surface area contributed by atoms with Gasteiger partial charge in [-0.2, -0.15) is 45.1 Å². The number of aromatic nitrogens is 11. The van der Waals surface area contributed by atoms with Crippen LogP contribution in [0.5, 0.6) is 17.2 Å². The predicted octanol–water partition coefficient (Wildman–Crippen LogP) is 11.5. The number of nitriles is 3. The van der Waals surface area contributed by atoms with Crippen LogP contribution in [0.3, 0.4) is 0 Å². The van der Waals surface area contributed by atoms with E-state index in [1.807, 2.05) is 12.1 Å². The molecule has 29 nitrogen and oxygen atoms in total. The summed E-state index contributed by atoms with van der Waals surface area (Å²) in [5, 5.41) is 113. The lowest BCUT2D eigenvalue weighted by atomic mass is 10.0. The molecule has 0 fully saturated rings. The summed E-state index contributed by atoms with van der Waals surface area (Å²) >= 11 is 0. The van der Waals surface area contributed by atoms with Crippen molar-refractivity contribution in [1.29, 1.82) is 15.8 Å². The second-order valence-corrected chi connectivity index (χ2v) is 20.2. The average molecular weight is 1240 g/mol. The topological polar surface area (TPSA) is 411 Å². The van der Waals surface area contributed by atoms with Crippen molar-refractivity contribution in [2.75, 3.05) is 33.3 Å². The number of carbonyl (C=O) groups excluding carboxylic acids is 3. The minimum atomic E-state index is -0.912. The van der Waals surface area contributed by atoms with Crippen LogP contribution in [-0.2, 0) is 0 Å². The Morgan fingerprint density at radius 2 is 0.851 bits per heavy atom. The predicted molar refractivity (Wildman–Crippen MR) is 341 cm³/mol. The Kier molecular flexibility index (Phi) is 15.7. The maximum absolute atomic E-state index is 14.8. The second-order valence-electron chi connectivity index (χ2n) is 20.2. The van der Waals surface area contributed by atoms with Crippen LogP contribution in [0.2, 0.25) is 0 Å². The van der Waals surface area contributed by atoms with Gasteiger partial charge in [0.2, 0.25) is 0 Å². The Bertz CT molecular complexity index is 5160. The third kappa shape index (κ3) is 11.3. The Labute approximate surface area is 528 Å². The molecule has 8 N–H and O–H groups in total. The number of amides is 3. The van der Waals surface area contributed by atoms with Crippen LogP contribution in [-0.4, -0.2) is 94.0 Å². The van der Waals surface area contributed by atoms with E-state index in [1.165, 1.54) is 100 Å². The Morgan fingerprint density at radius 3 is 1.35 bits per heavy atom. The fourth-order valence-electron chi connectivity index (χ4n) is 10.1. The number of carbonyl (C=O) groups is 3. The fourth-order valence-corrected chi connectivity index (χ4v) is 10.1. The van der Waals surface area contributed by atoms with Gasteiger partial charge in [-0.15, -0.1) is 20.5 Å². The fraction of sp³-hybridized carbons (Fsp3) is 0.0154. The molecule has 0 aliphatic heterocycles. The number of pyridine rings is 1.